The summed E-state index contributed by atoms with van der Waals surface area (Å²) >= 11 is 0. The number of hydrogen-bond acceptors (Lipinski definition) is 4. The minimum absolute atomic E-state index is 0.173. The topological polar surface area (TPSA) is 64.5 Å². The van der Waals surface area contributed by atoms with Gasteiger partial charge < -0.3 is 15.5 Å². The third-order valence-electron chi connectivity index (χ3n) is 2.04. The molecule has 4 N–H and O–H groups in total. The predicted molar refractivity (Wildman–Crippen MR) is 53.5 cm³/mol. The van der Waals surface area contributed by atoms with Crippen molar-refractivity contribution in [3.63, 3.8) is 0 Å². The zero-order chi connectivity index (χ0) is 10.1. The van der Waals surface area contributed by atoms with Gasteiger partial charge in [0.25, 0.3) is 0 Å². The molecule has 0 amide bonds. The van der Waals surface area contributed by atoms with E-state index >= 15 is 0 Å². The minimum Gasteiger partial charge on any atom is -0.395 e. The Morgan fingerprint density at radius 1 is 1.08 bits per heavy atom. The Morgan fingerprint density at radius 3 is 2.15 bits per heavy atom. The Kier molecular flexibility index (Phi) is 8.33. The van der Waals surface area contributed by atoms with Crippen molar-refractivity contribution in [3.05, 3.63) is 0 Å². The molecule has 0 aliphatic rings. The average Bonchev–Trinajstić information content (AvgIpc) is 2.18. The molecule has 0 heterocycles. The molecule has 0 radical (unpaired) electrons. The van der Waals surface area contributed by atoms with Crippen LogP contribution in [0.5, 0.6) is 0 Å². The van der Waals surface area contributed by atoms with E-state index in [1.54, 1.807) is 0 Å². The molecule has 0 aromatic rings. The van der Waals surface area contributed by atoms with Crippen molar-refractivity contribution in [2.75, 3.05) is 19.7 Å². The average molecular weight is 190 g/mol. The highest BCUT2D eigenvalue weighted by Crippen LogP contribution is 1.87. The minimum atomic E-state index is -0.406. The normalized spacial score (nSPS) is 15.7. The third-order valence-corrected chi connectivity index (χ3v) is 2.04. The number of nitrogens with one attached hydrogen (secondary N) is 2. The van der Waals surface area contributed by atoms with Crippen molar-refractivity contribution in [1.29, 1.82) is 0 Å². The zero-order valence-corrected chi connectivity index (χ0v) is 8.58. The van der Waals surface area contributed by atoms with Gasteiger partial charge in [0.2, 0.25) is 0 Å². The molecule has 0 aromatic heterocycles. The summed E-state index contributed by atoms with van der Waals surface area (Å²) in [7, 11) is 0. The predicted octanol–water partition coefficient (Wildman–Crippen LogP) is -0.335. The van der Waals surface area contributed by atoms with Crippen LogP contribution in [0.1, 0.15) is 26.7 Å². The smallest absolute Gasteiger partial charge is 0.104 e. The molecule has 13 heavy (non-hydrogen) atoms. The molecule has 0 saturated heterocycles. The van der Waals surface area contributed by atoms with E-state index < -0.39 is 6.23 Å². The van der Waals surface area contributed by atoms with Crippen LogP contribution in [0.2, 0.25) is 0 Å². The zero-order valence-electron chi connectivity index (χ0n) is 8.58. The number of aliphatic hydroxyl groups is 2. The summed E-state index contributed by atoms with van der Waals surface area (Å²) < 4.78 is 0. The maximum absolute atomic E-state index is 9.15. The highest BCUT2D eigenvalue weighted by Gasteiger charge is 2.02. The van der Waals surface area contributed by atoms with Crippen molar-refractivity contribution in [3.8, 4) is 0 Å². The lowest BCUT2D eigenvalue weighted by atomic mass is 10.2. The van der Waals surface area contributed by atoms with Crippen molar-refractivity contribution in [1.82, 2.24) is 10.6 Å². The van der Waals surface area contributed by atoms with Crippen molar-refractivity contribution in [2.45, 2.75) is 39.0 Å². The lowest BCUT2D eigenvalue weighted by molar-refractivity contribution is 0.132. The number of aliphatic hydroxyl groups excluding tert-OH is 2. The molecule has 0 aliphatic carbocycles. The molecule has 0 unspecified atom stereocenters. The van der Waals surface area contributed by atoms with E-state index in [0.29, 0.717) is 0 Å². The molecule has 4 nitrogen and oxygen atoms in total. The van der Waals surface area contributed by atoms with Crippen LogP contribution in [0.4, 0.5) is 0 Å². The summed E-state index contributed by atoms with van der Waals surface area (Å²) in [6.45, 7) is 5.63. The highest BCUT2D eigenvalue weighted by atomic mass is 16.3. The van der Waals surface area contributed by atoms with Gasteiger partial charge in [0.15, 0.2) is 0 Å². The SMILES string of the molecule is CC[C@@H](CO)NCCN[C@@H](O)CC. The second-order valence-electron chi connectivity index (χ2n) is 3.12. The largest absolute Gasteiger partial charge is 0.395 e. The molecule has 0 spiro atoms. The van der Waals surface area contributed by atoms with Crippen LogP contribution in [-0.4, -0.2) is 42.2 Å². The molecule has 80 valence electrons. The fraction of sp³-hybridized carbons (Fsp3) is 1.00. The summed E-state index contributed by atoms with van der Waals surface area (Å²) in [6, 6.07) is 0.181. The highest BCUT2D eigenvalue weighted by molar-refractivity contribution is 4.63. The van der Waals surface area contributed by atoms with Crippen LogP contribution in [0.3, 0.4) is 0 Å². The fourth-order valence-corrected chi connectivity index (χ4v) is 0.997. The fourth-order valence-electron chi connectivity index (χ4n) is 0.997. The second kappa shape index (κ2) is 8.44. The lowest BCUT2D eigenvalue weighted by Crippen LogP contribution is -2.39. The van der Waals surface area contributed by atoms with E-state index in [1.807, 2.05) is 13.8 Å². The Hall–Kier alpha value is -0.160. The molecule has 0 fully saturated rings. The first-order valence-electron chi connectivity index (χ1n) is 5.00. The summed E-state index contributed by atoms with van der Waals surface area (Å²) in [5, 5.41) is 24.1. The monoisotopic (exact) mass is 190 g/mol. The van der Waals surface area contributed by atoms with Crippen LogP contribution >= 0.6 is 0 Å². The summed E-state index contributed by atoms with van der Waals surface area (Å²) in [4.78, 5) is 0. The van der Waals surface area contributed by atoms with Crippen LogP contribution in [-0.2, 0) is 0 Å². The molecule has 0 aliphatic heterocycles. The van der Waals surface area contributed by atoms with Crippen LogP contribution in [0.15, 0.2) is 0 Å². The van der Waals surface area contributed by atoms with Gasteiger partial charge in [-0.05, 0) is 12.8 Å². The van der Waals surface area contributed by atoms with Crippen LogP contribution in [0.25, 0.3) is 0 Å². The standard InChI is InChI=1S/C9H22N2O2/c1-3-8(7-12)10-5-6-11-9(13)4-2/h8-13H,3-7H2,1-2H3/t8-,9-/m0/s1. The van der Waals surface area contributed by atoms with Gasteiger partial charge in [-0.25, -0.2) is 0 Å². The maximum Gasteiger partial charge on any atom is 0.104 e. The van der Waals surface area contributed by atoms with E-state index in [1.165, 1.54) is 0 Å². The van der Waals surface area contributed by atoms with Gasteiger partial charge in [0.05, 0.1) is 6.61 Å². The van der Waals surface area contributed by atoms with E-state index in [0.717, 1.165) is 25.9 Å². The Bertz CT molecular complexity index is 108. The van der Waals surface area contributed by atoms with Gasteiger partial charge in [-0.3, -0.25) is 5.32 Å². The van der Waals surface area contributed by atoms with Crippen molar-refractivity contribution < 1.29 is 10.2 Å². The molecule has 0 saturated carbocycles. The molecule has 0 aromatic carbocycles. The Balaban J connectivity index is 3.23. The maximum atomic E-state index is 9.15. The summed E-state index contributed by atoms with van der Waals surface area (Å²) in [5.41, 5.74) is 0. The van der Waals surface area contributed by atoms with Gasteiger partial charge in [-0.15, -0.1) is 0 Å². The molecule has 4 heteroatoms. The molecule has 0 rings (SSSR count). The van der Waals surface area contributed by atoms with Gasteiger partial charge in [-0.1, -0.05) is 13.8 Å². The summed E-state index contributed by atoms with van der Waals surface area (Å²) in [5.74, 6) is 0. The van der Waals surface area contributed by atoms with Gasteiger partial charge in [0, 0.05) is 19.1 Å². The van der Waals surface area contributed by atoms with Gasteiger partial charge in [-0.2, -0.15) is 0 Å². The second-order valence-corrected chi connectivity index (χ2v) is 3.12. The van der Waals surface area contributed by atoms with Crippen molar-refractivity contribution >= 4 is 0 Å². The summed E-state index contributed by atoms with van der Waals surface area (Å²) in [6.07, 6.45) is 1.24. The molecular weight excluding hydrogens is 168 g/mol. The Morgan fingerprint density at radius 2 is 1.69 bits per heavy atom. The lowest BCUT2D eigenvalue weighted by Gasteiger charge is -2.15. The first kappa shape index (κ1) is 12.8. The van der Waals surface area contributed by atoms with E-state index in [2.05, 4.69) is 10.6 Å². The van der Waals surface area contributed by atoms with Crippen LogP contribution < -0.4 is 10.6 Å². The van der Waals surface area contributed by atoms with Gasteiger partial charge in [0.1, 0.15) is 6.23 Å². The number of hydrogen-bond donors (Lipinski definition) is 4. The molecule has 0 bridgehead atoms. The van der Waals surface area contributed by atoms with E-state index in [4.69, 9.17) is 10.2 Å². The Labute approximate surface area is 80.3 Å². The quantitative estimate of drug-likeness (QED) is 0.312. The van der Waals surface area contributed by atoms with E-state index in [9.17, 15) is 0 Å². The van der Waals surface area contributed by atoms with Crippen LogP contribution in [0, 0.1) is 0 Å². The molecule has 2 atom stereocenters. The number of rotatable bonds is 8. The first-order chi connectivity index (χ1) is 6.24. The van der Waals surface area contributed by atoms with Gasteiger partial charge >= 0.3 is 0 Å². The molecular formula is C9H22N2O2. The first-order valence-corrected chi connectivity index (χ1v) is 5.00. The van der Waals surface area contributed by atoms with Crippen molar-refractivity contribution in [2.24, 2.45) is 0 Å². The van der Waals surface area contributed by atoms with E-state index in [-0.39, 0.29) is 12.6 Å². The third kappa shape index (κ3) is 6.95.